The summed E-state index contributed by atoms with van der Waals surface area (Å²) in [5.41, 5.74) is 1.86. The van der Waals surface area contributed by atoms with E-state index in [4.69, 9.17) is 4.74 Å². The van der Waals surface area contributed by atoms with Crippen LogP contribution >= 0.6 is 0 Å². The molecule has 0 atom stereocenters. The maximum Gasteiger partial charge on any atom is 0.266 e. The first-order valence-electron chi connectivity index (χ1n) is 6.47. The molecule has 1 fully saturated rings. The summed E-state index contributed by atoms with van der Waals surface area (Å²) in [4.78, 5) is 0. The zero-order valence-electron chi connectivity index (χ0n) is 10.7. The first-order valence-corrected chi connectivity index (χ1v) is 6.47. The average molecular weight is 243 g/mol. The van der Waals surface area contributed by atoms with Crippen molar-refractivity contribution in [3.63, 3.8) is 0 Å². The van der Waals surface area contributed by atoms with E-state index in [0.717, 1.165) is 28.7 Å². The normalized spacial score (nSPS) is 15.3. The molecule has 0 spiro atoms. The number of nitrogens with zero attached hydrogens (tertiary/aromatic N) is 1. The van der Waals surface area contributed by atoms with Gasteiger partial charge in [-0.25, -0.2) is 0 Å². The monoisotopic (exact) mass is 243 g/mol. The van der Waals surface area contributed by atoms with Gasteiger partial charge in [0.25, 0.3) is 5.52 Å². The molecule has 0 unspecified atom stereocenters. The molecule has 3 heteroatoms. The summed E-state index contributed by atoms with van der Waals surface area (Å²) in [6, 6.07) is 7.84. The Hall–Kier alpha value is -1.77. The second-order valence-corrected chi connectivity index (χ2v) is 5.26. The summed E-state index contributed by atoms with van der Waals surface area (Å²) in [6.07, 6.45) is 4.02. The number of ether oxygens (including phenoxy) is 1. The molecule has 1 aliphatic carbocycles. The van der Waals surface area contributed by atoms with Crippen LogP contribution in [0, 0.1) is 5.21 Å². The smallest absolute Gasteiger partial charge is 0.266 e. The van der Waals surface area contributed by atoms with Crippen molar-refractivity contribution in [1.82, 2.24) is 0 Å². The van der Waals surface area contributed by atoms with Crippen LogP contribution in [0.25, 0.3) is 10.9 Å². The molecule has 94 valence electrons. The molecule has 0 N–H and O–H groups in total. The molecular formula is C15H17NO2. The Morgan fingerprint density at radius 3 is 2.78 bits per heavy atom. The van der Waals surface area contributed by atoms with Gasteiger partial charge in [0.1, 0.15) is 0 Å². The fraction of sp³-hybridized carbons (Fsp3) is 0.400. The minimum absolute atomic E-state index is 0.302. The molecule has 1 aliphatic rings. The summed E-state index contributed by atoms with van der Waals surface area (Å²) in [5.74, 6) is 1.16. The number of benzene rings is 1. The lowest BCUT2D eigenvalue weighted by Crippen LogP contribution is -2.26. The van der Waals surface area contributed by atoms with Crippen molar-refractivity contribution < 1.29 is 9.47 Å². The standard InChI is InChI=1S/C15H17NO2/c1-10(2)12-8-11-4-3-7-16(17)15(11)14(9-12)18-13-5-6-13/h3-4,7-10,13H,5-6H2,1-2H3. The van der Waals surface area contributed by atoms with E-state index in [-0.39, 0.29) is 0 Å². The third-order valence-electron chi connectivity index (χ3n) is 3.33. The van der Waals surface area contributed by atoms with E-state index in [0.29, 0.717) is 17.5 Å². The quantitative estimate of drug-likeness (QED) is 0.613. The zero-order valence-corrected chi connectivity index (χ0v) is 10.7. The first kappa shape index (κ1) is 11.3. The third kappa shape index (κ3) is 2.01. The molecule has 3 nitrogen and oxygen atoms in total. The fourth-order valence-corrected chi connectivity index (χ4v) is 2.10. The van der Waals surface area contributed by atoms with Gasteiger partial charge >= 0.3 is 0 Å². The Labute approximate surface area is 107 Å². The highest BCUT2D eigenvalue weighted by atomic mass is 16.5. The van der Waals surface area contributed by atoms with Gasteiger partial charge in [0, 0.05) is 6.07 Å². The Bertz CT molecular complexity index is 588. The summed E-state index contributed by atoms with van der Waals surface area (Å²) in [5, 5.41) is 12.9. The minimum Gasteiger partial charge on any atom is -0.618 e. The maximum absolute atomic E-state index is 11.9. The van der Waals surface area contributed by atoms with Crippen LogP contribution in [0.15, 0.2) is 30.5 Å². The lowest BCUT2D eigenvalue weighted by Gasteiger charge is -2.12. The van der Waals surface area contributed by atoms with Crippen LogP contribution in [0.5, 0.6) is 5.75 Å². The zero-order chi connectivity index (χ0) is 12.7. The summed E-state index contributed by atoms with van der Waals surface area (Å²) >= 11 is 0. The maximum atomic E-state index is 11.9. The van der Waals surface area contributed by atoms with E-state index in [1.807, 2.05) is 12.1 Å². The largest absolute Gasteiger partial charge is 0.618 e. The highest BCUT2D eigenvalue weighted by Crippen LogP contribution is 2.33. The van der Waals surface area contributed by atoms with Crippen molar-refractivity contribution in [2.24, 2.45) is 0 Å². The van der Waals surface area contributed by atoms with Gasteiger partial charge in [-0.15, -0.1) is 0 Å². The summed E-state index contributed by atoms with van der Waals surface area (Å²) < 4.78 is 6.79. The molecule has 1 saturated carbocycles. The Morgan fingerprint density at radius 2 is 2.11 bits per heavy atom. The van der Waals surface area contributed by atoms with Gasteiger partial charge in [-0.3, -0.25) is 0 Å². The predicted molar refractivity (Wildman–Crippen MR) is 70.6 cm³/mol. The molecule has 0 bridgehead atoms. The van der Waals surface area contributed by atoms with Crippen molar-refractivity contribution >= 4 is 10.9 Å². The molecule has 1 aromatic heterocycles. The van der Waals surface area contributed by atoms with Gasteiger partial charge in [0.05, 0.1) is 11.5 Å². The van der Waals surface area contributed by atoms with Crippen LogP contribution in [-0.2, 0) is 0 Å². The van der Waals surface area contributed by atoms with E-state index >= 15 is 0 Å². The van der Waals surface area contributed by atoms with Crippen LogP contribution in [0.3, 0.4) is 0 Å². The van der Waals surface area contributed by atoms with Crippen molar-refractivity contribution in [2.45, 2.75) is 38.7 Å². The molecule has 0 aliphatic heterocycles. The van der Waals surface area contributed by atoms with Crippen molar-refractivity contribution in [3.05, 3.63) is 41.2 Å². The topological polar surface area (TPSA) is 36.2 Å². The van der Waals surface area contributed by atoms with Crippen molar-refractivity contribution in [1.29, 1.82) is 0 Å². The number of pyridine rings is 1. The van der Waals surface area contributed by atoms with E-state index < -0.39 is 0 Å². The summed E-state index contributed by atoms with van der Waals surface area (Å²) in [7, 11) is 0. The molecule has 0 saturated heterocycles. The second-order valence-electron chi connectivity index (χ2n) is 5.26. The van der Waals surface area contributed by atoms with Gasteiger partial charge < -0.3 is 9.94 Å². The van der Waals surface area contributed by atoms with E-state index in [9.17, 15) is 5.21 Å². The van der Waals surface area contributed by atoms with Gasteiger partial charge in [-0.05, 0) is 42.5 Å². The van der Waals surface area contributed by atoms with E-state index in [1.54, 1.807) is 6.07 Å². The van der Waals surface area contributed by atoms with Crippen LogP contribution in [0.1, 0.15) is 38.2 Å². The molecule has 0 amide bonds. The van der Waals surface area contributed by atoms with Crippen LogP contribution in [-0.4, -0.2) is 6.10 Å². The lowest BCUT2D eigenvalue weighted by molar-refractivity contribution is -0.577. The second kappa shape index (κ2) is 4.16. The first-order chi connectivity index (χ1) is 8.65. The summed E-state index contributed by atoms with van der Waals surface area (Å²) in [6.45, 7) is 4.30. The van der Waals surface area contributed by atoms with Crippen LogP contribution < -0.4 is 9.47 Å². The van der Waals surface area contributed by atoms with Gasteiger partial charge in [0.15, 0.2) is 11.9 Å². The van der Waals surface area contributed by atoms with Crippen LogP contribution in [0.2, 0.25) is 0 Å². The lowest BCUT2D eigenvalue weighted by atomic mass is 10.0. The van der Waals surface area contributed by atoms with Crippen molar-refractivity contribution in [3.8, 4) is 5.75 Å². The SMILES string of the molecule is CC(C)c1cc(OC2CC2)c2c(ccc[n+]2[O-])c1. The minimum atomic E-state index is 0.302. The molecule has 3 rings (SSSR count). The van der Waals surface area contributed by atoms with Gasteiger partial charge in [-0.1, -0.05) is 13.8 Å². The number of fused-ring (bicyclic) bond motifs is 1. The van der Waals surface area contributed by atoms with Crippen molar-refractivity contribution in [2.75, 3.05) is 0 Å². The molecule has 1 heterocycles. The molecule has 0 radical (unpaired) electrons. The predicted octanol–water partition coefficient (Wildman–Crippen LogP) is 3.14. The number of rotatable bonds is 3. The number of aromatic nitrogens is 1. The van der Waals surface area contributed by atoms with Crippen LogP contribution in [0.4, 0.5) is 0 Å². The van der Waals surface area contributed by atoms with E-state index in [2.05, 4.69) is 19.9 Å². The Kier molecular flexibility index (Phi) is 2.62. The number of hydrogen-bond donors (Lipinski definition) is 0. The van der Waals surface area contributed by atoms with Gasteiger partial charge in [0.2, 0.25) is 0 Å². The fourth-order valence-electron chi connectivity index (χ4n) is 2.10. The number of hydrogen-bond acceptors (Lipinski definition) is 2. The highest BCUT2D eigenvalue weighted by molar-refractivity contribution is 5.82. The molecule has 1 aromatic carbocycles. The average Bonchev–Trinajstić information content (AvgIpc) is 3.12. The molecule has 18 heavy (non-hydrogen) atoms. The van der Waals surface area contributed by atoms with Gasteiger partial charge in [-0.2, -0.15) is 4.73 Å². The molecular weight excluding hydrogens is 226 g/mol. The van der Waals surface area contributed by atoms with E-state index in [1.165, 1.54) is 11.8 Å². The Morgan fingerprint density at radius 1 is 1.33 bits per heavy atom. The third-order valence-corrected chi connectivity index (χ3v) is 3.33. The molecule has 2 aromatic rings. The Balaban J connectivity index is 2.20. The highest BCUT2D eigenvalue weighted by Gasteiger charge is 2.26.